The second-order valence-corrected chi connectivity index (χ2v) is 6.36. The molecule has 0 unspecified atom stereocenters. The third-order valence-electron chi connectivity index (χ3n) is 4.60. The van der Waals surface area contributed by atoms with Crippen LogP contribution in [0.3, 0.4) is 0 Å². The van der Waals surface area contributed by atoms with E-state index in [0.29, 0.717) is 23.9 Å². The highest BCUT2D eigenvalue weighted by Crippen LogP contribution is 2.44. The molecular weight excluding hydrogens is 418 g/mol. The van der Waals surface area contributed by atoms with Crippen molar-refractivity contribution in [3.8, 4) is 0 Å². The first-order valence-electron chi connectivity index (χ1n) is 7.68. The Kier molecular flexibility index (Phi) is 5.80. The Morgan fingerprint density at radius 1 is 1.17 bits per heavy atom. The van der Waals surface area contributed by atoms with Crippen LogP contribution in [0.25, 0.3) is 0 Å². The summed E-state index contributed by atoms with van der Waals surface area (Å²) in [6, 6.07) is 2.04. The molecule has 0 aromatic heterocycles. The maximum absolute atomic E-state index is 13.3. The molecule has 1 aromatic rings. The van der Waals surface area contributed by atoms with E-state index in [9.17, 15) is 13.2 Å². The molecule has 2 fully saturated rings. The van der Waals surface area contributed by atoms with Crippen LogP contribution in [0.5, 0.6) is 0 Å². The molecule has 3 rings (SSSR count). The Morgan fingerprint density at radius 2 is 1.74 bits per heavy atom. The van der Waals surface area contributed by atoms with Crippen molar-refractivity contribution in [3.05, 3.63) is 35.1 Å². The van der Waals surface area contributed by atoms with Crippen molar-refractivity contribution in [3.63, 3.8) is 0 Å². The van der Waals surface area contributed by atoms with Crippen LogP contribution < -0.4 is 5.73 Å². The minimum atomic E-state index is -1.42. The normalized spacial score (nSPS) is 25.2. The van der Waals surface area contributed by atoms with E-state index in [4.69, 9.17) is 5.73 Å². The highest BCUT2D eigenvalue weighted by Gasteiger charge is 2.40. The summed E-state index contributed by atoms with van der Waals surface area (Å²) >= 11 is 0. The summed E-state index contributed by atoms with van der Waals surface area (Å²) < 4.78 is 39.5. The maximum atomic E-state index is 13.3. The molecule has 2 N–H and O–H groups in total. The second-order valence-electron chi connectivity index (χ2n) is 6.36. The van der Waals surface area contributed by atoms with Crippen molar-refractivity contribution < 1.29 is 13.2 Å². The van der Waals surface area contributed by atoms with Crippen molar-refractivity contribution in [2.24, 2.45) is 16.6 Å². The summed E-state index contributed by atoms with van der Waals surface area (Å²) in [7, 11) is 0. The number of likely N-dealkylation sites (tertiary alicyclic amines) is 1. The molecule has 128 valence electrons. The fraction of sp³-hybridized carbons (Fsp3) is 0.562. The van der Waals surface area contributed by atoms with Gasteiger partial charge >= 0.3 is 0 Å². The first-order valence-corrected chi connectivity index (χ1v) is 7.68. The lowest BCUT2D eigenvalue weighted by atomic mass is 10.00. The van der Waals surface area contributed by atoms with Crippen molar-refractivity contribution >= 4 is 29.9 Å². The van der Waals surface area contributed by atoms with Gasteiger partial charge in [-0.15, -0.1) is 24.0 Å². The Balaban J connectivity index is 0.00000192. The lowest BCUT2D eigenvalue weighted by Gasteiger charge is -2.31. The van der Waals surface area contributed by atoms with Gasteiger partial charge in [0.05, 0.1) is 6.04 Å². The molecule has 23 heavy (non-hydrogen) atoms. The van der Waals surface area contributed by atoms with Crippen LogP contribution >= 0.6 is 24.0 Å². The largest absolute Gasteiger partial charge is 0.370 e. The van der Waals surface area contributed by atoms with Crippen molar-refractivity contribution in [2.45, 2.75) is 38.1 Å². The van der Waals surface area contributed by atoms with Gasteiger partial charge in [0.1, 0.15) is 0 Å². The van der Waals surface area contributed by atoms with Crippen LogP contribution in [0.2, 0.25) is 0 Å². The summed E-state index contributed by atoms with van der Waals surface area (Å²) in [6.45, 7) is 4.01. The fourth-order valence-corrected chi connectivity index (χ4v) is 2.96. The first kappa shape index (κ1) is 18.4. The average molecular weight is 439 g/mol. The molecule has 1 saturated carbocycles. The monoisotopic (exact) mass is 439 g/mol. The first-order chi connectivity index (χ1) is 10.5. The zero-order chi connectivity index (χ0) is 15.9. The molecule has 1 saturated heterocycles. The molecule has 7 heteroatoms. The van der Waals surface area contributed by atoms with E-state index < -0.39 is 17.5 Å². The summed E-state index contributed by atoms with van der Waals surface area (Å²) in [5.74, 6) is -2.59. The number of rotatable bonds is 2. The minimum absolute atomic E-state index is 0. The highest BCUT2D eigenvalue weighted by molar-refractivity contribution is 14.0. The van der Waals surface area contributed by atoms with E-state index in [0.717, 1.165) is 38.1 Å². The van der Waals surface area contributed by atoms with Gasteiger partial charge in [0, 0.05) is 19.0 Å². The number of aliphatic imine (C=N–C) groups is 1. The van der Waals surface area contributed by atoms with Crippen LogP contribution in [0.15, 0.2) is 17.1 Å². The van der Waals surface area contributed by atoms with Gasteiger partial charge in [-0.05, 0) is 42.9 Å². The highest BCUT2D eigenvalue weighted by atomic mass is 127. The van der Waals surface area contributed by atoms with Crippen molar-refractivity contribution in [1.82, 2.24) is 4.90 Å². The van der Waals surface area contributed by atoms with Crippen LogP contribution in [-0.4, -0.2) is 30.0 Å². The van der Waals surface area contributed by atoms with E-state index in [1.165, 1.54) is 0 Å². The van der Waals surface area contributed by atoms with Gasteiger partial charge in [0.2, 0.25) is 0 Å². The van der Waals surface area contributed by atoms with Gasteiger partial charge in [-0.2, -0.15) is 0 Å². The lowest BCUT2D eigenvalue weighted by molar-refractivity contribution is 0.277. The van der Waals surface area contributed by atoms with Crippen LogP contribution in [0.1, 0.15) is 37.7 Å². The molecule has 1 aliphatic carbocycles. The van der Waals surface area contributed by atoms with Gasteiger partial charge in [-0.1, -0.05) is 6.92 Å². The molecule has 2 atom stereocenters. The van der Waals surface area contributed by atoms with E-state index in [-0.39, 0.29) is 35.9 Å². The smallest absolute Gasteiger partial charge is 0.194 e. The molecular formula is C16H21F3IN3. The average Bonchev–Trinajstić information content (AvgIpc) is 3.24. The summed E-state index contributed by atoms with van der Waals surface area (Å²) in [5, 5.41) is 0. The number of nitrogens with two attached hydrogens (primary N) is 1. The SMILES string of the molecule is CC1CCN(C(N)=N[C@@H]2C[C@H]2c2cc(F)c(F)c(F)c2)CC1.I. The van der Waals surface area contributed by atoms with Crippen LogP contribution in [-0.2, 0) is 0 Å². The Labute approximate surface area is 151 Å². The van der Waals surface area contributed by atoms with Crippen molar-refractivity contribution in [2.75, 3.05) is 13.1 Å². The summed E-state index contributed by atoms with van der Waals surface area (Å²) in [4.78, 5) is 6.52. The molecule has 2 aliphatic rings. The Hall–Kier alpha value is -0.990. The number of benzene rings is 1. The van der Waals surface area contributed by atoms with Gasteiger partial charge in [-0.25, -0.2) is 18.2 Å². The van der Waals surface area contributed by atoms with E-state index in [1.807, 2.05) is 0 Å². The molecule has 0 amide bonds. The number of nitrogens with zero attached hydrogens (tertiary/aromatic N) is 2. The standard InChI is InChI=1S/C16H20F3N3.HI/c1-9-2-4-22(5-3-9)16(20)21-14-8-11(14)10-6-12(17)15(19)13(18)7-10;/h6-7,9,11,14H,2-5,8H2,1H3,(H2,20,21);1H/t11-,14+;/m0./s1. The zero-order valence-corrected chi connectivity index (χ0v) is 15.3. The van der Waals surface area contributed by atoms with E-state index in [1.54, 1.807) is 0 Å². The second kappa shape index (κ2) is 7.27. The van der Waals surface area contributed by atoms with E-state index in [2.05, 4.69) is 16.8 Å². The Bertz CT molecular complexity index is 577. The fourth-order valence-electron chi connectivity index (χ4n) is 2.96. The number of guanidine groups is 1. The van der Waals surface area contributed by atoms with Gasteiger partial charge < -0.3 is 10.6 Å². The van der Waals surface area contributed by atoms with Crippen LogP contribution in [0.4, 0.5) is 13.2 Å². The van der Waals surface area contributed by atoms with Gasteiger partial charge in [-0.3, -0.25) is 0 Å². The number of hydrogen-bond donors (Lipinski definition) is 1. The topological polar surface area (TPSA) is 41.6 Å². The molecule has 0 bridgehead atoms. The molecule has 3 nitrogen and oxygen atoms in total. The molecule has 1 aromatic carbocycles. The number of piperidine rings is 1. The van der Waals surface area contributed by atoms with E-state index >= 15 is 0 Å². The predicted molar refractivity (Wildman–Crippen MR) is 94.5 cm³/mol. The lowest BCUT2D eigenvalue weighted by Crippen LogP contribution is -2.42. The quantitative estimate of drug-likeness (QED) is 0.331. The minimum Gasteiger partial charge on any atom is -0.370 e. The molecule has 1 heterocycles. The maximum Gasteiger partial charge on any atom is 0.194 e. The third-order valence-corrected chi connectivity index (χ3v) is 4.60. The number of hydrogen-bond acceptors (Lipinski definition) is 1. The van der Waals surface area contributed by atoms with Gasteiger partial charge in [0.25, 0.3) is 0 Å². The predicted octanol–water partition coefficient (Wildman–Crippen LogP) is 3.62. The van der Waals surface area contributed by atoms with Crippen LogP contribution in [0, 0.1) is 23.4 Å². The molecule has 1 aliphatic heterocycles. The summed E-state index contributed by atoms with van der Waals surface area (Å²) in [6.07, 6.45) is 2.88. The molecule has 0 spiro atoms. The van der Waals surface area contributed by atoms with Gasteiger partial charge in [0.15, 0.2) is 23.4 Å². The zero-order valence-electron chi connectivity index (χ0n) is 12.9. The Morgan fingerprint density at radius 3 is 2.30 bits per heavy atom. The number of halogens is 4. The van der Waals surface area contributed by atoms with Crippen molar-refractivity contribution in [1.29, 1.82) is 0 Å². The summed E-state index contributed by atoms with van der Waals surface area (Å²) in [5.41, 5.74) is 6.48. The third kappa shape index (κ3) is 4.10. The molecule has 0 radical (unpaired) electrons.